The summed E-state index contributed by atoms with van der Waals surface area (Å²) in [6, 6.07) is 0.865. The van der Waals surface area contributed by atoms with E-state index in [0.717, 1.165) is 17.9 Å². The normalized spacial score (nSPS) is 35.8. The van der Waals surface area contributed by atoms with Crippen molar-refractivity contribution in [1.29, 1.82) is 0 Å². The van der Waals surface area contributed by atoms with E-state index in [1.165, 1.54) is 51.5 Å². The van der Waals surface area contributed by atoms with Crippen LogP contribution in [0.2, 0.25) is 0 Å². The Kier molecular flexibility index (Phi) is 3.26. The Morgan fingerprint density at radius 3 is 2.38 bits per heavy atom. The quantitative estimate of drug-likeness (QED) is 0.706. The minimum Gasteiger partial charge on any atom is -0.314 e. The lowest BCUT2D eigenvalue weighted by Gasteiger charge is -2.34. The average molecular weight is 181 g/mol. The summed E-state index contributed by atoms with van der Waals surface area (Å²) < 4.78 is 0. The van der Waals surface area contributed by atoms with Crippen LogP contribution in [0.1, 0.15) is 51.9 Å². The van der Waals surface area contributed by atoms with Crippen LogP contribution in [0.25, 0.3) is 0 Å². The van der Waals surface area contributed by atoms with Crippen LogP contribution in [0.4, 0.5) is 0 Å². The molecule has 0 aromatic heterocycles. The molecule has 0 saturated heterocycles. The molecular weight excluding hydrogens is 158 g/mol. The number of rotatable bonds is 3. The molecule has 0 radical (unpaired) electrons. The standard InChI is InChI=1S/C12H23N/c1-10-7-11(8-10)9-13-12-5-3-2-4-6-12/h10-13H,2-9H2,1H3. The second-order valence-electron chi connectivity index (χ2n) is 5.19. The van der Waals surface area contributed by atoms with Crippen molar-refractivity contribution in [2.75, 3.05) is 6.54 Å². The van der Waals surface area contributed by atoms with Crippen molar-refractivity contribution in [2.45, 2.75) is 57.9 Å². The van der Waals surface area contributed by atoms with E-state index in [9.17, 15) is 0 Å². The van der Waals surface area contributed by atoms with Crippen LogP contribution in [0.15, 0.2) is 0 Å². The number of hydrogen-bond acceptors (Lipinski definition) is 1. The summed E-state index contributed by atoms with van der Waals surface area (Å²) in [6.45, 7) is 3.67. The van der Waals surface area contributed by atoms with E-state index in [1.54, 1.807) is 0 Å². The number of nitrogens with one attached hydrogen (secondary N) is 1. The summed E-state index contributed by atoms with van der Waals surface area (Å²) in [4.78, 5) is 0. The fourth-order valence-electron chi connectivity index (χ4n) is 2.88. The van der Waals surface area contributed by atoms with Gasteiger partial charge in [-0.1, -0.05) is 26.2 Å². The van der Waals surface area contributed by atoms with E-state index in [-0.39, 0.29) is 0 Å². The molecule has 2 saturated carbocycles. The molecule has 0 bridgehead atoms. The Balaban J connectivity index is 1.56. The highest BCUT2D eigenvalue weighted by Gasteiger charge is 2.25. The third-order valence-corrected chi connectivity index (χ3v) is 3.77. The summed E-state index contributed by atoms with van der Waals surface area (Å²) in [7, 11) is 0. The molecule has 1 nitrogen and oxygen atoms in total. The molecule has 0 spiro atoms. The molecule has 76 valence electrons. The lowest BCUT2D eigenvalue weighted by atomic mass is 9.76. The molecule has 2 aliphatic rings. The third-order valence-electron chi connectivity index (χ3n) is 3.77. The van der Waals surface area contributed by atoms with Crippen molar-refractivity contribution in [3.63, 3.8) is 0 Å². The Morgan fingerprint density at radius 1 is 1.08 bits per heavy atom. The van der Waals surface area contributed by atoms with Crippen LogP contribution in [0.3, 0.4) is 0 Å². The van der Waals surface area contributed by atoms with Crippen molar-refractivity contribution >= 4 is 0 Å². The van der Waals surface area contributed by atoms with E-state index >= 15 is 0 Å². The summed E-state index contributed by atoms with van der Waals surface area (Å²) in [5.74, 6) is 2.02. The molecule has 2 aliphatic carbocycles. The van der Waals surface area contributed by atoms with Gasteiger partial charge in [0.2, 0.25) is 0 Å². The van der Waals surface area contributed by atoms with E-state index in [1.807, 2.05) is 0 Å². The molecule has 0 atom stereocenters. The van der Waals surface area contributed by atoms with Crippen LogP contribution in [0.5, 0.6) is 0 Å². The third kappa shape index (κ3) is 2.70. The summed E-state index contributed by atoms with van der Waals surface area (Å²) in [5.41, 5.74) is 0. The fourth-order valence-corrected chi connectivity index (χ4v) is 2.88. The molecule has 0 unspecified atom stereocenters. The van der Waals surface area contributed by atoms with E-state index in [0.29, 0.717) is 0 Å². The molecule has 0 aliphatic heterocycles. The molecule has 2 rings (SSSR count). The summed E-state index contributed by atoms with van der Waals surface area (Å²) in [6.07, 6.45) is 10.2. The van der Waals surface area contributed by atoms with Gasteiger partial charge in [0.25, 0.3) is 0 Å². The van der Waals surface area contributed by atoms with Crippen LogP contribution < -0.4 is 5.32 Å². The van der Waals surface area contributed by atoms with Crippen molar-refractivity contribution in [1.82, 2.24) is 5.32 Å². The van der Waals surface area contributed by atoms with Gasteiger partial charge in [-0.3, -0.25) is 0 Å². The van der Waals surface area contributed by atoms with Crippen LogP contribution in [-0.2, 0) is 0 Å². The van der Waals surface area contributed by atoms with E-state index in [4.69, 9.17) is 0 Å². The van der Waals surface area contributed by atoms with Gasteiger partial charge in [-0.25, -0.2) is 0 Å². The zero-order valence-corrected chi connectivity index (χ0v) is 8.89. The Hall–Kier alpha value is -0.0400. The van der Waals surface area contributed by atoms with Gasteiger partial charge < -0.3 is 5.32 Å². The topological polar surface area (TPSA) is 12.0 Å². The maximum atomic E-state index is 3.74. The van der Waals surface area contributed by atoms with Gasteiger partial charge in [0.1, 0.15) is 0 Å². The van der Waals surface area contributed by atoms with Gasteiger partial charge in [0.15, 0.2) is 0 Å². The highest BCUT2D eigenvalue weighted by atomic mass is 14.9. The van der Waals surface area contributed by atoms with E-state index < -0.39 is 0 Å². The maximum absolute atomic E-state index is 3.74. The highest BCUT2D eigenvalue weighted by Crippen LogP contribution is 2.32. The van der Waals surface area contributed by atoms with Gasteiger partial charge in [-0.15, -0.1) is 0 Å². The van der Waals surface area contributed by atoms with Gasteiger partial charge >= 0.3 is 0 Å². The first-order valence-corrected chi connectivity index (χ1v) is 6.08. The molecule has 2 fully saturated rings. The first-order valence-electron chi connectivity index (χ1n) is 6.08. The van der Waals surface area contributed by atoms with Crippen LogP contribution >= 0.6 is 0 Å². The minimum absolute atomic E-state index is 0.865. The van der Waals surface area contributed by atoms with Crippen molar-refractivity contribution < 1.29 is 0 Å². The lowest BCUT2D eigenvalue weighted by molar-refractivity contribution is 0.195. The predicted octanol–water partition coefficient (Wildman–Crippen LogP) is 2.95. The number of hydrogen-bond donors (Lipinski definition) is 1. The minimum atomic E-state index is 0.865. The summed E-state index contributed by atoms with van der Waals surface area (Å²) >= 11 is 0. The average Bonchev–Trinajstić information content (AvgIpc) is 2.12. The first-order chi connectivity index (χ1) is 6.34. The molecule has 1 heteroatoms. The van der Waals surface area contributed by atoms with Gasteiger partial charge in [0.05, 0.1) is 0 Å². The molecule has 0 aromatic carbocycles. The first kappa shape index (κ1) is 9.51. The zero-order chi connectivity index (χ0) is 9.10. The Morgan fingerprint density at radius 2 is 1.77 bits per heavy atom. The Labute approximate surface area is 82.3 Å². The van der Waals surface area contributed by atoms with Crippen molar-refractivity contribution in [3.8, 4) is 0 Å². The predicted molar refractivity (Wildman–Crippen MR) is 56.8 cm³/mol. The molecule has 13 heavy (non-hydrogen) atoms. The largest absolute Gasteiger partial charge is 0.314 e. The fraction of sp³-hybridized carbons (Fsp3) is 1.00. The highest BCUT2D eigenvalue weighted by molar-refractivity contribution is 4.80. The SMILES string of the molecule is CC1CC(CNC2CCCCC2)C1. The monoisotopic (exact) mass is 181 g/mol. The van der Waals surface area contributed by atoms with Crippen molar-refractivity contribution in [3.05, 3.63) is 0 Å². The Bertz CT molecular complexity index is 143. The van der Waals surface area contributed by atoms with Gasteiger partial charge in [-0.2, -0.15) is 0 Å². The summed E-state index contributed by atoms with van der Waals surface area (Å²) in [5, 5.41) is 3.74. The molecule has 0 heterocycles. The second-order valence-corrected chi connectivity index (χ2v) is 5.19. The molecular formula is C12H23N. The maximum Gasteiger partial charge on any atom is 0.00671 e. The zero-order valence-electron chi connectivity index (χ0n) is 8.89. The molecule has 0 aromatic rings. The molecule has 1 N–H and O–H groups in total. The van der Waals surface area contributed by atoms with E-state index in [2.05, 4.69) is 12.2 Å². The lowest BCUT2D eigenvalue weighted by Crippen LogP contribution is -2.38. The van der Waals surface area contributed by atoms with Crippen LogP contribution in [0, 0.1) is 11.8 Å². The second kappa shape index (κ2) is 4.45. The van der Waals surface area contributed by atoms with Gasteiger partial charge in [0, 0.05) is 6.04 Å². The van der Waals surface area contributed by atoms with Crippen LogP contribution in [-0.4, -0.2) is 12.6 Å². The van der Waals surface area contributed by atoms with Gasteiger partial charge in [-0.05, 0) is 44.1 Å². The molecule has 0 amide bonds. The smallest absolute Gasteiger partial charge is 0.00671 e. The van der Waals surface area contributed by atoms with Crippen molar-refractivity contribution in [2.24, 2.45) is 11.8 Å².